The lowest BCUT2D eigenvalue weighted by Gasteiger charge is -2.30. The van der Waals surface area contributed by atoms with E-state index in [1.165, 1.54) is 50.1 Å². The SMILES string of the molecule is CC(C)(C)c1ccc(-c2nnc(-c3ccc4c(c3)C3(c5ccccc5-4)c4ccccc4-c4ccc(-c5nnc(C(C)(C)C)o5)cc43)o2)cc1. The summed E-state index contributed by atoms with van der Waals surface area (Å²) in [7, 11) is 0. The highest BCUT2D eigenvalue weighted by molar-refractivity contribution is 5.96. The van der Waals surface area contributed by atoms with Gasteiger partial charge in [0, 0.05) is 22.1 Å². The summed E-state index contributed by atoms with van der Waals surface area (Å²) in [5, 5.41) is 17.9. The summed E-state index contributed by atoms with van der Waals surface area (Å²) < 4.78 is 12.6. The molecule has 1 atom stereocenters. The van der Waals surface area contributed by atoms with Crippen LogP contribution < -0.4 is 0 Å². The fraction of sp³-hybridized carbons (Fsp3) is 0.209. The Morgan fingerprint density at radius 1 is 0.429 bits per heavy atom. The highest BCUT2D eigenvalue weighted by atomic mass is 16.4. The second-order valence-electron chi connectivity index (χ2n) is 15.3. The van der Waals surface area contributed by atoms with E-state index in [-0.39, 0.29) is 10.8 Å². The van der Waals surface area contributed by atoms with E-state index in [0.29, 0.717) is 23.6 Å². The maximum atomic E-state index is 6.36. The van der Waals surface area contributed by atoms with Crippen molar-refractivity contribution in [3.8, 4) is 56.6 Å². The number of nitrogens with zero attached hydrogens (tertiary/aromatic N) is 4. The average molecular weight is 641 g/mol. The van der Waals surface area contributed by atoms with Crippen LogP contribution in [0.4, 0.5) is 0 Å². The highest BCUT2D eigenvalue weighted by Gasteiger charge is 2.52. The van der Waals surface area contributed by atoms with E-state index in [2.05, 4.69) is 171 Å². The number of rotatable bonds is 3. The van der Waals surface area contributed by atoms with Crippen LogP contribution in [0.3, 0.4) is 0 Å². The number of fused-ring (bicyclic) bond motifs is 10. The molecule has 6 heteroatoms. The van der Waals surface area contributed by atoms with Crippen molar-refractivity contribution in [1.82, 2.24) is 20.4 Å². The topological polar surface area (TPSA) is 77.8 Å². The summed E-state index contributed by atoms with van der Waals surface area (Å²) in [6.45, 7) is 12.9. The van der Waals surface area contributed by atoms with Gasteiger partial charge in [-0.25, -0.2) is 0 Å². The minimum atomic E-state index is -0.567. The van der Waals surface area contributed by atoms with Crippen molar-refractivity contribution in [3.63, 3.8) is 0 Å². The molecule has 2 aromatic heterocycles. The summed E-state index contributed by atoms with van der Waals surface area (Å²) >= 11 is 0. The van der Waals surface area contributed by atoms with Crippen LogP contribution in [-0.2, 0) is 16.2 Å². The standard InChI is InChI=1S/C43H36N4O2/c1-41(2,3)28-19-15-25(16-20-28)37-44-45-38(48-37)26-17-21-31-29-11-7-9-13-33(29)43(35(31)23-26)34-14-10-8-12-30(34)32-22-18-27(24-36(32)43)39-46-47-40(49-39)42(4,5)6/h7-24H,1-6H3. The minimum Gasteiger partial charge on any atom is -0.420 e. The van der Waals surface area contributed by atoms with Crippen LogP contribution in [0, 0.1) is 0 Å². The molecule has 1 unspecified atom stereocenters. The van der Waals surface area contributed by atoms with Crippen molar-refractivity contribution in [2.24, 2.45) is 0 Å². The van der Waals surface area contributed by atoms with Gasteiger partial charge >= 0.3 is 0 Å². The lowest BCUT2D eigenvalue weighted by molar-refractivity contribution is 0.399. The summed E-state index contributed by atoms with van der Waals surface area (Å²) in [4.78, 5) is 0. The first kappa shape index (κ1) is 29.5. The summed E-state index contributed by atoms with van der Waals surface area (Å²) in [6.07, 6.45) is 0. The third-order valence-electron chi connectivity index (χ3n) is 10.1. The van der Waals surface area contributed by atoms with Crippen molar-refractivity contribution in [2.45, 2.75) is 57.8 Å². The number of hydrogen-bond donors (Lipinski definition) is 0. The van der Waals surface area contributed by atoms with Gasteiger partial charge in [0.1, 0.15) is 0 Å². The van der Waals surface area contributed by atoms with Gasteiger partial charge in [-0.2, -0.15) is 0 Å². The molecule has 9 rings (SSSR count). The highest BCUT2D eigenvalue weighted by Crippen LogP contribution is 2.63. The van der Waals surface area contributed by atoms with E-state index < -0.39 is 5.41 Å². The van der Waals surface area contributed by atoms with E-state index in [1.807, 2.05) is 0 Å². The van der Waals surface area contributed by atoms with Crippen molar-refractivity contribution in [1.29, 1.82) is 0 Å². The number of hydrogen-bond acceptors (Lipinski definition) is 6. The zero-order valence-electron chi connectivity index (χ0n) is 28.5. The lowest BCUT2D eigenvalue weighted by atomic mass is 9.70. The van der Waals surface area contributed by atoms with E-state index in [1.54, 1.807) is 0 Å². The van der Waals surface area contributed by atoms with Crippen LogP contribution >= 0.6 is 0 Å². The smallest absolute Gasteiger partial charge is 0.248 e. The molecule has 2 aliphatic carbocycles. The Morgan fingerprint density at radius 3 is 1.39 bits per heavy atom. The predicted octanol–water partition coefficient (Wildman–Crippen LogP) is 10.4. The maximum absolute atomic E-state index is 6.36. The van der Waals surface area contributed by atoms with Gasteiger partial charge < -0.3 is 8.83 Å². The Labute approximate surface area is 285 Å². The first-order valence-electron chi connectivity index (χ1n) is 16.8. The van der Waals surface area contributed by atoms with E-state index >= 15 is 0 Å². The van der Waals surface area contributed by atoms with Crippen LogP contribution in [0.25, 0.3) is 56.6 Å². The Bertz CT molecular complexity index is 2410. The van der Waals surface area contributed by atoms with Crippen LogP contribution in [0.15, 0.2) is 118 Å². The molecule has 0 N–H and O–H groups in total. The molecule has 240 valence electrons. The number of benzene rings is 5. The normalized spacial score (nSPS) is 16.0. The molecule has 0 amide bonds. The molecule has 7 aromatic rings. The van der Waals surface area contributed by atoms with Gasteiger partial charge in [-0.05, 0) is 91.9 Å². The Kier molecular flexibility index (Phi) is 6.14. The molecule has 5 aromatic carbocycles. The van der Waals surface area contributed by atoms with Crippen LogP contribution in [0.1, 0.15) is 75.3 Å². The van der Waals surface area contributed by atoms with Crippen LogP contribution in [-0.4, -0.2) is 20.4 Å². The zero-order valence-corrected chi connectivity index (χ0v) is 28.5. The van der Waals surface area contributed by atoms with Gasteiger partial charge in [0.05, 0.1) is 5.41 Å². The van der Waals surface area contributed by atoms with E-state index in [9.17, 15) is 0 Å². The molecule has 0 saturated carbocycles. The van der Waals surface area contributed by atoms with Gasteiger partial charge in [-0.3, -0.25) is 0 Å². The molecule has 2 heterocycles. The average Bonchev–Trinajstić information content (AvgIpc) is 3.89. The Balaban J connectivity index is 1.23. The molecule has 0 aliphatic heterocycles. The van der Waals surface area contributed by atoms with Crippen molar-refractivity contribution in [3.05, 3.63) is 143 Å². The fourth-order valence-corrected chi connectivity index (χ4v) is 7.62. The summed E-state index contributed by atoms with van der Waals surface area (Å²) in [5.74, 6) is 2.13. The molecular formula is C43H36N4O2. The molecule has 0 saturated heterocycles. The monoisotopic (exact) mass is 640 g/mol. The van der Waals surface area contributed by atoms with E-state index in [4.69, 9.17) is 8.83 Å². The van der Waals surface area contributed by atoms with Crippen molar-refractivity contribution in [2.75, 3.05) is 0 Å². The van der Waals surface area contributed by atoms with Crippen molar-refractivity contribution >= 4 is 0 Å². The molecule has 1 spiro atoms. The molecular weight excluding hydrogens is 604 g/mol. The fourth-order valence-electron chi connectivity index (χ4n) is 7.62. The Morgan fingerprint density at radius 2 is 0.878 bits per heavy atom. The second-order valence-corrected chi connectivity index (χ2v) is 15.3. The predicted molar refractivity (Wildman–Crippen MR) is 192 cm³/mol. The lowest BCUT2D eigenvalue weighted by Crippen LogP contribution is -2.26. The van der Waals surface area contributed by atoms with Crippen LogP contribution in [0.5, 0.6) is 0 Å². The van der Waals surface area contributed by atoms with Gasteiger partial charge in [-0.15, -0.1) is 20.4 Å². The molecule has 2 aliphatic rings. The molecule has 0 bridgehead atoms. The molecule has 49 heavy (non-hydrogen) atoms. The van der Waals surface area contributed by atoms with Gasteiger partial charge in [0.2, 0.25) is 23.6 Å². The quantitative estimate of drug-likeness (QED) is 0.191. The zero-order chi connectivity index (χ0) is 33.7. The van der Waals surface area contributed by atoms with Gasteiger partial charge in [0.15, 0.2) is 0 Å². The minimum absolute atomic E-state index is 0.0649. The third-order valence-corrected chi connectivity index (χ3v) is 10.1. The van der Waals surface area contributed by atoms with Gasteiger partial charge in [-0.1, -0.05) is 114 Å². The maximum Gasteiger partial charge on any atom is 0.248 e. The summed E-state index contributed by atoms with van der Waals surface area (Å²) in [5.41, 5.74) is 12.9. The summed E-state index contributed by atoms with van der Waals surface area (Å²) in [6, 6.07) is 39.0. The van der Waals surface area contributed by atoms with E-state index in [0.717, 1.165) is 16.7 Å². The molecule has 0 radical (unpaired) electrons. The largest absolute Gasteiger partial charge is 0.420 e. The van der Waals surface area contributed by atoms with Crippen LogP contribution in [0.2, 0.25) is 0 Å². The first-order chi connectivity index (χ1) is 23.5. The third kappa shape index (κ3) is 4.33. The number of aromatic nitrogens is 4. The molecule has 0 fully saturated rings. The Hall–Kier alpha value is -5.62. The van der Waals surface area contributed by atoms with Crippen molar-refractivity contribution < 1.29 is 8.83 Å². The van der Waals surface area contributed by atoms with Gasteiger partial charge in [0.25, 0.3) is 0 Å². The first-order valence-corrected chi connectivity index (χ1v) is 16.8. The molecule has 6 nitrogen and oxygen atoms in total. The second kappa shape index (κ2) is 10.2.